The van der Waals surface area contributed by atoms with E-state index in [1.54, 1.807) is 11.9 Å². The summed E-state index contributed by atoms with van der Waals surface area (Å²) in [6, 6.07) is 8.32. The van der Waals surface area contributed by atoms with Crippen molar-refractivity contribution in [3.63, 3.8) is 0 Å². The van der Waals surface area contributed by atoms with Gasteiger partial charge in [0.2, 0.25) is 0 Å². The summed E-state index contributed by atoms with van der Waals surface area (Å²) in [6.45, 7) is 4.54. The first kappa shape index (κ1) is 13.3. The van der Waals surface area contributed by atoms with E-state index in [9.17, 15) is 4.79 Å². The molecule has 0 radical (unpaired) electrons. The molecule has 0 saturated carbocycles. The quantitative estimate of drug-likeness (QED) is 0.849. The zero-order valence-corrected chi connectivity index (χ0v) is 12.0. The lowest BCUT2D eigenvalue weighted by molar-refractivity contribution is 0.204. The van der Waals surface area contributed by atoms with Gasteiger partial charge in [0.05, 0.1) is 0 Å². The highest BCUT2D eigenvalue weighted by atomic mass is 127. The summed E-state index contributed by atoms with van der Waals surface area (Å²) in [7, 11) is 1.80. The molecule has 0 aliphatic rings. The molecule has 0 bridgehead atoms. The summed E-state index contributed by atoms with van der Waals surface area (Å²) in [5, 5.41) is 2.86. The molecule has 3 nitrogen and oxygen atoms in total. The number of hydrogen-bond donors (Lipinski definition) is 1. The van der Waals surface area contributed by atoms with Crippen LogP contribution in [0.3, 0.4) is 0 Å². The first-order valence-corrected chi connectivity index (χ1v) is 6.33. The molecule has 2 amide bonds. The molecule has 0 atom stereocenters. The molecule has 0 aromatic heterocycles. The fourth-order valence-corrected chi connectivity index (χ4v) is 1.65. The molecule has 0 aliphatic carbocycles. The predicted octanol–water partition coefficient (Wildman–Crippen LogP) is 2.84. The second kappa shape index (κ2) is 6.08. The van der Waals surface area contributed by atoms with Gasteiger partial charge in [-0.05, 0) is 54.1 Å². The predicted molar refractivity (Wildman–Crippen MR) is 74.3 cm³/mol. The Morgan fingerprint density at radius 2 is 1.94 bits per heavy atom. The van der Waals surface area contributed by atoms with Crippen LogP contribution in [0.15, 0.2) is 24.3 Å². The Kier molecular flexibility index (Phi) is 5.05. The van der Waals surface area contributed by atoms with Crippen LogP contribution >= 0.6 is 22.6 Å². The Balaban J connectivity index is 2.53. The molecule has 1 aromatic carbocycles. The van der Waals surface area contributed by atoms with E-state index in [1.807, 2.05) is 38.1 Å². The van der Waals surface area contributed by atoms with Crippen LogP contribution in [0.4, 0.5) is 4.79 Å². The van der Waals surface area contributed by atoms with Crippen molar-refractivity contribution < 1.29 is 4.79 Å². The van der Waals surface area contributed by atoms with Gasteiger partial charge in [0.15, 0.2) is 0 Å². The Bertz CT molecular complexity index is 349. The highest BCUT2D eigenvalue weighted by molar-refractivity contribution is 14.1. The van der Waals surface area contributed by atoms with E-state index in [0.717, 1.165) is 5.56 Å². The average molecular weight is 332 g/mol. The number of urea groups is 1. The molecule has 88 valence electrons. The smallest absolute Gasteiger partial charge is 0.317 e. The second-order valence-electron chi connectivity index (χ2n) is 4.09. The van der Waals surface area contributed by atoms with Crippen molar-refractivity contribution in [3.05, 3.63) is 33.4 Å². The van der Waals surface area contributed by atoms with Crippen LogP contribution in [0.5, 0.6) is 0 Å². The lowest BCUT2D eigenvalue weighted by Crippen LogP contribution is -2.40. The molecule has 0 spiro atoms. The van der Waals surface area contributed by atoms with Crippen LogP contribution in [0.25, 0.3) is 0 Å². The summed E-state index contributed by atoms with van der Waals surface area (Å²) < 4.78 is 1.20. The van der Waals surface area contributed by atoms with E-state index in [1.165, 1.54) is 3.57 Å². The van der Waals surface area contributed by atoms with Gasteiger partial charge in [-0.2, -0.15) is 0 Å². The monoisotopic (exact) mass is 332 g/mol. The summed E-state index contributed by atoms with van der Waals surface area (Å²) in [4.78, 5) is 13.3. The van der Waals surface area contributed by atoms with Gasteiger partial charge in [-0.25, -0.2) is 4.79 Å². The number of hydrogen-bond acceptors (Lipinski definition) is 1. The van der Waals surface area contributed by atoms with Crippen LogP contribution < -0.4 is 5.32 Å². The van der Waals surface area contributed by atoms with Gasteiger partial charge < -0.3 is 10.2 Å². The van der Waals surface area contributed by atoms with Crippen LogP contribution in [0.1, 0.15) is 19.4 Å². The maximum atomic E-state index is 11.6. The van der Waals surface area contributed by atoms with Crippen molar-refractivity contribution in [2.24, 2.45) is 0 Å². The Morgan fingerprint density at radius 3 is 2.44 bits per heavy atom. The van der Waals surface area contributed by atoms with E-state index in [2.05, 4.69) is 27.9 Å². The third kappa shape index (κ3) is 4.38. The van der Waals surface area contributed by atoms with E-state index in [-0.39, 0.29) is 12.1 Å². The van der Waals surface area contributed by atoms with Crippen molar-refractivity contribution in [2.45, 2.75) is 26.4 Å². The van der Waals surface area contributed by atoms with Crippen molar-refractivity contribution in [3.8, 4) is 0 Å². The van der Waals surface area contributed by atoms with E-state index in [4.69, 9.17) is 0 Å². The van der Waals surface area contributed by atoms with Gasteiger partial charge in [-0.3, -0.25) is 0 Å². The molecule has 0 aliphatic heterocycles. The van der Waals surface area contributed by atoms with Gasteiger partial charge in [0, 0.05) is 23.2 Å². The van der Waals surface area contributed by atoms with Crippen LogP contribution in [0.2, 0.25) is 0 Å². The fraction of sp³-hybridized carbons (Fsp3) is 0.417. The maximum absolute atomic E-state index is 11.6. The van der Waals surface area contributed by atoms with Gasteiger partial charge in [0.1, 0.15) is 0 Å². The molecule has 1 N–H and O–H groups in total. The molecule has 0 unspecified atom stereocenters. The number of nitrogens with zero attached hydrogens (tertiary/aromatic N) is 1. The summed E-state index contributed by atoms with van der Waals surface area (Å²) in [5.41, 5.74) is 1.14. The molecule has 0 fully saturated rings. The zero-order chi connectivity index (χ0) is 12.1. The molecule has 0 heterocycles. The van der Waals surface area contributed by atoms with E-state index in [0.29, 0.717) is 6.54 Å². The van der Waals surface area contributed by atoms with Gasteiger partial charge in [0.25, 0.3) is 0 Å². The largest absolute Gasteiger partial charge is 0.336 e. The minimum absolute atomic E-state index is 0.0337. The Labute approximate surface area is 110 Å². The van der Waals surface area contributed by atoms with Gasteiger partial charge in [-0.1, -0.05) is 12.1 Å². The third-order valence-corrected chi connectivity index (χ3v) is 2.81. The first-order valence-electron chi connectivity index (χ1n) is 5.25. The highest BCUT2D eigenvalue weighted by Crippen LogP contribution is 2.08. The molecule has 1 aromatic rings. The number of amides is 2. The second-order valence-corrected chi connectivity index (χ2v) is 5.33. The number of benzene rings is 1. The molecule has 1 rings (SSSR count). The maximum Gasteiger partial charge on any atom is 0.317 e. The van der Waals surface area contributed by atoms with E-state index >= 15 is 0 Å². The number of halogens is 1. The Hall–Kier alpha value is -0.780. The molecular weight excluding hydrogens is 315 g/mol. The molecule has 0 saturated heterocycles. The number of nitrogens with one attached hydrogen (secondary N) is 1. The van der Waals surface area contributed by atoms with Gasteiger partial charge >= 0.3 is 6.03 Å². The van der Waals surface area contributed by atoms with Gasteiger partial charge in [-0.15, -0.1) is 0 Å². The summed E-state index contributed by atoms with van der Waals surface area (Å²) in [6.07, 6.45) is 0. The Morgan fingerprint density at radius 1 is 1.38 bits per heavy atom. The van der Waals surface area contributed by atoms with Crippen molar-refractivity contribution >= 4 is 28.6 Å². The first-order chi connectivity index (χ1) is 7.49. The minimum Gasteiger partial charge on any atom is -0.336 e. The highest BCUT2D eigenvalue weighted by Gasteiger charge is 2.09. The number of rotatable bonds is 3. The lowest BCUT2D eigenvalue weighted by atomic mass is 10.2. The van der Waals surface area contributed by atoms with Crippen molar-refractivity contribution in [1.82, 2.24) is 10.2 Å². The SMILES string of the molecule is CC(C)NC(=O)N(C)Cc1ccc(I)cc1. The number of carbonyl (C=O) groups is 1. The number of carbonyl (C=O) groups excluding carboxylic acids is 1. The minimum atomic E-state index is -0.0337. The molecule has 16 heavy (non-hydrogen) atoms. The van der Waals surface area contributed by atoms with Crippen molar-refractivity contribution in [2.75, 3.05) is 7.05 Å². The summed E-state index contributed by atoms with van der Waals surface area (Å²) in [5.74, 6) is 0. The summed E-state index contributed by atoms with van der Waals surface area (Å²) >= 11 is 2.27. The van der Waals surface area contributed by atoms with Crippen LogP contribution in [-0.4, -0.2) is 24.0 Å². The van der Waals surface area contributed by atoms with E-state index < -0.39 is 0 Å². The normalized spacial score (nSPS) is 10.3. The fourth-order valence-electron chi connectivity index (χ4n) is 1.29. The standard InChI is InChI=1S/C12H17IN2O/c1-9(2)14-12(16)15(3)8-10-4-6-11(13)7-5-10/h4-7,9H,8H2,1-3H3,(H,14,16). The lowest BCUT2D eigenvalue weighted by Gasteiger charge is -2.19. The zero-order valence-electron chi connectivity index (χ0n) is 9.83. The molecule has 4 heteroatoms. The van der Waals surface area contributed by atoms with Crippen LogP contribution in [0, 0.1) is 3.57 Å². The topological polar surface area (TPSA) is 32.3 Å². The third-order valence-electron chi connectivity index (χ3n) is 2.09. The molecular formula is C12H17IN2O. The van der Waals surface area contributed by atoms with Crippen LogP contribution in [-0.2, 0) is 6.54 Å². The average Bonchev–Trinajstić information content (AvgIpc) is 2.20. The van der Waals surface area contributed by atoms with Crippen molar-refractivity contribution in [1.29, 1.82) is 0 Å².